The molecule has 0 radical (unpaired) electrons. The Morgan fingerprint density at radius 2 is 1.59 bits per heavy atom. The first-order chi connectivity index (χ1) is 12.9. The van der Waals surface area contributed by atoms with Gasteiger partial charge in [0, 0.05) is 54.2 Å². The van der Waals surface area contributed by atoms with Crippen LogP contribution in [0.2, 0.25) is 0 Å². The van der Waals surface area contributed by atoms with Crippen LogP contribution in [-0.4, -0.2) is 59.9 Å². The fourth-order valence-corrected chi connectivity index (χ4v) is 4.26. The highest BCUT2D eigenvalue weighted by atomic mass is 79.9. The van der Waals surface area contributed by atoms with Gasteiger partial charge in [0.05, 0.1) is 0 Å². The molecule has 6 heteroatoms. The first kappa shape index (κ1) is 20.3. The maximum absolute atomic E-state index is 12.6. The quantitative estimate of drug-likeness (QED) is 0.788. The molecular formula is C21H30BrN3O2. The van der Waals surface area contributed by atoms with Gasteiger partial charge in [-0.05, 0) is 63.8 Å². The number of rotatable bonds is 4. The first-order valence-electron chi connectivity index (χ1n) is 10.0. The molecule has 1 N–H and O–H groups in total. The zero-order valence-electron chi connectivity index (χ0n) is 16.3. The van der Waals surface area contributed by atoms with Crippen molar-refractivity contribution in [3.63, 3.8) is 0 Å². The van der Waals surface area contributed by atoms with E-state index in [2.05, 4.69) is 40.0 Å². The van der Waals surface area contributed by atoms with E-state index in [0.717, 1.165) is 43.2 Å². The van der Waals surface area contributed by atoms with Gasteiger partial charge in [0.15, 0.2) is 0 Å². The number of benzene rings is 1. The summed E-state index contributed by atoms with van der Waals surface area (Å²) in [6, 6.07) is 8.34. The van der Waals surface area contributed by atoms with Gasteiger partial charge < -0.3 is 15.1 Å². The monoisotopic (exact) mass is 435 g/mol. The summed E-state index contributed by atoms with van der Waals surface area (Å²) in [6.45, 7) is 7.87. The molecule has 0 bridgehead atoms. The lowest BCUT2D eigenvalue weighted by atomic mass is 9.94. The van der Waals surface area contributed by atoms with Crippen molar-refractivity contribution in [2.75, 3.05) is 26.2 Å². The Bertz CT molecular complexity index is 646. The first-order valence-corrected chi connectivity index (χ1v) is 10.8. The minimum absolute atomic E-state index is 0.0297. The van der Waals surface area contributed by atoms with E-state index in [1.807, 2.05) is 29.2 Å². The van der Waals surface area contributed by atoms with Gasteiger partial charge in [-0.15, -0.1) is 0 Å². The highest BCUT2D eigenvalue weighted by Gasteiger charge is 2.30. The third kappa shape index (κ3) is 5.32. The number of nitrogens with zero attached hydrogens (tertiary/aromatic N) is 2. The molecule has 0 aromatic heterocycles. The second-order valence-electron chi connectivity index (χ2n) is 7.99. The normalized spacial score (nSPS) is 20.1. The Hall–Kier alpha value is -1.40. The molecule has 2 amide bonds. The molecule has 148 valence electrons. The smallest absolute Gasteiger partial charge is 0.253 e. The van der Waals surface area contributed by atoms with E-state index in [-0.39, 0.29) is 17.7 Å². The van der Waals surface area contributed by atoms with Crippen molar-refractivity contribution in [1.29, 1.82) is 0 Å². The summed E-state index contributed by atoms with van der Waals surface area (Å²) in [6.07, 6.45) is 3.56. The van der Waals surface area contributed by atoms with Gasteiger partial charge >= 0.3 is 0 Å². The van der Waals surface area contributed by atoms with Crippen LogP contribution in [0.25, 0.3) is 0 Å². The van der Waals surface area contributed by atoms with Crippen LogP contribution in [0.15, 0.2) is 28.7 Å². The number of likely N-dealkylation sites (tertiary alicyclic amines) is 2. The van der Waals surface area contributed by atoms with Gasteiger partial charge in [0.25, 0.3) is 5.91 Å². The molecule has 2 saturated heterocycles. The number of piperidine rings is 2. The van der Waals surface area contributed by atoms with E-state index in [1.54, 1.807) is 0 Å². The fourth-order valence-electron chi connectivity index (χ4n) is 4.00. The largest absolute Gasteiger partial charge is 0.353 e. The average molecular weight is 436 g/mol. The Labute approximate surface area is 170 Å². The van der Waals surface area contributed by atoms with Crippen molar-refractivity contribution in [2.24, 2.45) is 5.92 Å². The van der Waals surface area contributed by atoms with Crippen molar-refractivity contribution in [3.05, 3.63) is 34.3 Å². The topological polar surface area (TPSA) is 52.7 Å². The molecule has 0 saturated carbocycles. The van der Waals surface area contributed by atoms with Gasteiger partial charge in [0.1, 0.15) is 0 Å². The van der Waals surface area contributed by atoms with Crippen LogP contribution in [0, 0.1) is 5.92 Å². The summed E-state index contributed by atoms with van der Waals surface area (Å²) < 4.78 is 0.966. The van der Waals surface area contributed by atoms with Crippen LogP contribution in [0.4, 0.5) is 0 Å². The molecule has 0 atom stereocenters. The van der Waals surface area contributed by atoms with Crippen molar-refractivity contribution in [1.82, 2.24) is 15.1 Å². The molecule has 0 unspecified atom stereocenters. The Morgan fingerprint density at radius 3 is 2.15 bits per heavy atom. The molecule has 2 fully saturated rings. The molecule has 5 nitrogen and oxygen atoms in total. The molecule has 2 heterocycles. The van der Waals surface area contributed by atoms with Crippen LogP contribution in [-0.2, 0) is 4.79 Å². The number of hydrogen-bond donors (Lipinski definition) is 1. The minimum atomic E-state index is 0.0297. The second kappa shape index (κ2) is 9.20. The van der Waals surface area contributed by atoms with Gasteiger partial charge in [-0.2, -0.15) is 0 Å². The standard InChI is InChI=1S/C21H30BrN3O2/c1-15(2)24-13-9-19(10-14-24)23-20(26)16-7-11-25(12-8-16)21(27)17-3-5-18(22)6-4-17/h3-6,15-16,19H,7-14H2,1-2H3,(H,23,26). The molecule has 1 aromatic rings. The number of carbonyl (C=O) groups excluding carboxylic acids is 2. The molecule has 2 aliphatic rings. The molecule has 0 aliphatic carbocycles. The summed E-state index contributed by atoms with van der Waals surface area (Å²) in [5.74, 6) is 0.262. The molecule has 3 rings (SSSR count). The van der Waals surface area contributed by atoms with Crippen LogP contribution < -0.4 is 5.32 Å². The second-order valence-corrected chi connectivity index (χ2v) is 8.90. The number of carbonyl (C=O) groups is 2. The van der Waals surface area contributed by atoms with Crippen molar-refractivity contribution in [2.45, 2.75) is 51.6 Å². The van der Waals surface area contributed by atoms with Gasteiger partial charge in [-0.25, -0.2) is 0 Å². The Morgan fingerprint density at radius 1 is 1.00 bits per heavy atom. The van der Waals surface area contributed by atoms with Crippen LogP contribution in [0.1, 0.15) is 49.9 Å². The highest BCUT2D eigenvalue weighted by Crippen LogP contribution is 2.21. The lowest BCUT2D eigenvalue weighted by molar-refractivity contribution is -0.127. The van der Waals surface area contributed by atoms with Crippen LogP contribution >= 0.6 is 15.9 Å². The van der Waals surface area contributed by atoms with E-state index in [1.165, 1.54) is 0 Å². The Balaban J connectivity index is 1.44. The molecule has 2 aliphatic heterocycles. The average Bonchev–Trinajstić information content (AvgIpc) is 2.68. The third-order valence-corrected chi connectivity index (χ3v) is 6.38. The molecule has 0 spiro atoms. The van der Waals surface area contributed by atoms with E-state index in [4.69, 9.17) is 0 Å². The van der Waals surface area contributed by atoms with Gasteiger partial charge in [-0.3, -0.25) is 9.59 Å². The maximum Gasteiger partial charge on any atom is 0.253 e. The SMILES string of the molecule is CC(C)N1CCC(NC(=O)C2CCN(C(=O)c3ccc(Br)cc3)CC2)CC1. The summed E-state index contributed by atoms with van der Waals surface area (Å²) in [7, 11) is 0. The zero-order valence-corrected chi connectivity index (χ0v) is 17.9. The summed E-state index contributed by atoms with van der Waals surface area (Å²) in [4.78, 5) is 29.6. The zero-order chi connectivity index (χ0) is 19.4. The number of hydrogen-bond acceptors (Lipinski definition) is 3. The Kier molecular flexibility index (Phi) is 6.93. The van der Waals surface area contributed by atoms with Crippen LogP contribution in [0.5, 0.6) is 0 Å². The number of nitrogens with one attached hydrogen (secondary N) is 1. The predicted molar refractivity (Wildman–Crippen MR) is 111 cm³/mol. The van der Waals surface area contributed by atoms with Crippen molar-refractivity contribution >= 4 is 27.7 Å². The van der Waals surface area contributed by atoms with Gasteiger partial charge in [-0.1, -0.05) is 15.9 Å². The van der Waals surface area contributed by atoms with Crippen LogP contribution in [0.3, 0.4) is 0 Å². The van der Waals surface area contributed by atoms with Gasteiger partial charge in [0.2, 0.25) is 5.91 Å². The van der Waals surface area contributed by atoms with E-state index in [0.29, 0.717) is 30.7 Å². The molecule has 1 aromatic carbocycles. The number of halogens is 1. The summed E-state index contributed by atoms with van der Waals surface area (Å²) in [5, 5.41) is 3.26. The third-order valence-electron chi connectivity index (χ3n) is 5.85. The lowest BCUT2D eigenvalue weighted by Gasteiger charge is -2.36. The summed E-state index contributed by atoms with van der Waals surface area (Å²) in [5.41, 5.74) is 0.706. The van der Waals surface area contributed by atoms with E-state index < -0.39 is 0 Å². The molecular weight excluding hydrogens is 406 g/mol. The highest BCUT2D eigenvalue weighted by molar-refractivity contribution is 9.10. The molecule has 27 heavy (non-hydrogen) atoms. The van der Waals surface area contributed by atoms with E-state index in [9.17, 15) is 9.59 Å². The number of amides is 2. The maximum atomic E-state index is 12.6. The van der Waals surface area contributed by atoms with Crippen molar-refractivity contribution < 1.29 is 9.59 Å². The predicted octanol–water partition coefficient (Wildman–Crippen LogP) is 3.29. The summed E-state index contributed by atoms with van der Waals surface area (Å²) >= 11 is 3.39. The fraction of sp³-hybridized carbons (Fsp3) is 0.619. The lowest BCUT2D eigenvalue weighted by Crippen LogP contribution is -2.49. The minimum Gasteiger partial charge on any atom is -0.353 e. The van der Waals surface area contributed by atoms with Crippen molar-refractivity contribution in [3.8, 4) is 0 Å². The van der Waals surface area contributed by atoms with E-state index >= 15 is 0 Å².